The van der Waals surface area contributed by atoms with Crippen LogP contribution in [-0.2, 0) is 15.8 Å². The lowest BCUT2D eigenvalue weighted by Gasteiger charge is -2.21. The topological polar surface area (TPSA) is 87.3 Å². The molecule has 0 fully saturated rings. The Morgan fingerprint density at radius 1 is 1.19 bits per heavy atom. The number of carbonyl (C=O) groups excluding carboxylic acids is 2. The van der Waals surface area contributed by atoms with Crippen molar-refractivity contribution in [2.75, 3.05) is 10.6 Å². The van der Waals surface area contributed by atoms with E-state index >= 15 is 0 Å². The molecule has 6 nitrogen and oxygen atoms in total. The third-order valence-electron chi connectivity index (χ3n) is 3.84. The van der Waals surface area contributed by atoms with Gasteiger partial charge in [0.05, 0.1) is 15.8 Å². The monoisotopic (exact) mass is 403 g/mol. The average molecular weight is 404 g/mol. The zero-order valence-electron chi connectivity index (χ0n) is 15.2. The van der Waals surface area contributed by atoms with Crippen LogP contribution in [0.1, 0.15) is 31.1 Å². The summed E-state index contributed by atoms with van der Waals surface area (Å²) in [7, 11) is -1.28. The summed E-state index contributed by atoms with van der Waals surface area (Å²) in [5, 5.41) is 5.49. The molecule has 1 aliphatic heterocycles. The zero-order chi connectivity index (χ0) is 19.6. The first-order valence-corrected chi connectivity index (χ1v) is 10.6. The lowest BCUT2D eigenvalue weighted by Crippen LogP contribution is -2.26. The Bertz CT molecular complexity index is 898. The van der Waals surface area contributed by atoms with E-state index in [9.17, 15) is 13.8 Å². The number of nitrogens with one attached hydrogen (secondary N) is 3. The molecule has 0 aliphatic carbocycles. The van der Waals surface area contributed by atoms with Gasteiger partial charge in [-0.25, -0.2) is 8.93 Å². The molecule has 2 unspecified atom stereocenters. The smallest absolute Gasteiger partial charge is 0.255 e. The van der Waals surface area contributed by atoms with Crippen molar-refractivity contribution < 1.29 is 13.8 Å². The molecular formula is C19H21N3O3S2. The van der Waals surface area contributed by atoms with Gasteiger partial charge < -0.3 is 10.6 Å². The van der Waals surface area contributed by atoms with Crippen molar-refractivity contribution >= 4 is 45.9 Å². The van der Waals surface area contributed by atoms with Crippen molar-refractivity contribution in [3.8, 4) is 0 Å². The molecule has 0 bridgehead atoms. The molecule has 2 atom stereocenters. The van der Waals surface area contributed by atoms with Crippen molar-refractivity contribution in [1.29, 1.82) is 0 Å². The van der Waals surface area contributed by atoms with E-state index in [4.69, 9.17) is 0 Å². The Labute approximate surface area is 165 Å². The Hall–Kier alpha value is -2.16. The van der Waals surface area contributed by atoms with Crippen LogP contribution in [0, 0.1) is 0 Å². The summed E-state index contributed by atoms with van der Waals surface area (Å²) in [6.07, 6.45) is 0. The van der Waals surface area contributed by atoms with Crippen LogP contribution < -0.4 is 15.4 Å². The number of benzene rings is 2. The molecule has 2 aromatic carbocycles. The van der Waals surface area contributed by atoms with Crippen molar-refractivity contribution in [3.63, 3.8) is 0 Å². The van der Waals surface area contributed by atoms with Crippen molar-refractivity contribution in [2.24, 2.45) is 0 Å². The number of rotatable bonds is 5. The molecule has 8 heteroatoms. The number of amides is 2. The first-order valence-electron chi connectivity index (χ1n) is 8.54. The average Bonchev–Trinajstić information content (AvgIpc) is 2.62. The van der Waals surface area contributed by atoms with Crippen LogP contribution in [0.3, 0.4) is 0 Å². The van der Waals surface area contributed by atoms with E-state index in [0.717, 1.165) is 4.90 Å². The second kappa shape index (κ2) is 8.24. The van der Waals surface area contributed by atoms with E-state index in [1.165, 1.54) is 11.8 Å². The van der Waals surface area contributed by atoms with Gasteiger partial charge in [-0.15, -0.1) is 11.8 Å². The van der Waals surface area contributed by atoms with Gasteiger partial charge in [-0.3, -0.25) is 9.59 Å². The van der Waals surface area contributed by atoms with Gasteiger partial charge in [-0.1, -0.05) is 0 Å². The fourth-order valence-electron chi connectivity index (χ4n) is 2.50. The molecule has 0 saturated heterocycles. The molecule has 142 valence electrons. The summed E-state index contributed by atoms with van der Waals surface area (Å²) in [4.78, 5) is 25.9. The van der Waals surface area contributed by atoms with Crippen LogP contribution in [0.15, 0.2) is 52.3 Å². The Balaban J connectivity index is 1.70. The largest absolute Gasteiger partial charge is 0.324 e. The van der Waals surface area contributed by atoms with E-state index in [2.05, 4.69) is 15.4 Å². The van der Waals surface area contributed by atoms with Gasteiger partial charge in [0.2, 0.25) is 5.91 Å². The van der Waals surface area contributed by atoms with E-state index in [-0.39, 0.29) is 23.1 Å². The SMILES string of the molecule is CC(C)NS(=O)c1ccc(NC(=O)c2ccc3c(c2)NC(=O)C(C)S3)cc1. The summed E-state index contributed by atoms with van der Waals surface area (Å²) < 4.78 is 15.0. The van der Waals surface area contributed by atoms with E-state index in [1.54, 1.807) is 36.4 Å². The van der Waals surface area contributed by atoms with Gasteiger partial charge in [-0.05, 0) is 63.2 Å². The molecule has 2 aromatic rings. The van der Waals surface area contributed by atoms with Gasteiger partial charge in [-0.2, -0.15) is 0 Å². The molecule has 27 heavy (non-hydrogen) atoms. The van der Waals surface area contributed by atoms with E-state index < -0.39 is 11.0 Å². The first kappa shape index (κ1) is 19.6. The highest BCUT2D eigenvalue weighted by Gasteiger charge is 2.23. The highest BCUT2D eigenvalue weighted by molar-refractivity contribution is 8.01. The Morgan fingerprint density at radius 2 is 1.89 bits per heavy atom. The zero-order valence-corrected chi connectivity index (χ0v) is 16.9. The summed E-state index contributed by atoms with van der Waals surface area (Å²) in [5.74, 6) is -0.339. The maximum Gasteiger partial charge on any atom is 0.255 e. The summed E-state index contributed by atoms with van der Waals surface area (Å²) in [5.41, 5.74) is 1.72. The molecule has 1 aliphatic rings. The third-order valence-corrected chi connectivity index (χ3v) is 6.40. The fraction of sp³-hybridized carbons (Fsp3) is 0.263. The third kappa shape index (κ3) is 4.77. The number of hydrogen-bond acceptors (Lipinski definition) is 4. The van der Waals surface area contributed by atoms with Crippen LogP contribution in [-0.4, -0.2) is 27.3 Å². The molecule has 0 aromatic heterocycles. The molecule has 0 spiro atoms. The highest BCUT2D eigenvalue weighted by atomic mass is 32.2. The summed E-state index contributed by atoms with van der Waals surface area (Å²) in [6, 6.07) is 12.2. The molecular weight excluding hydrogens is 382 g/mol. The number of hydrogen-bond donors (Lipinski definition) is 3. The van der Waals surface area contributed by atoms with Gasteiger partial charge in [0.15, 0.2) is 0 Å². The van der Waals surface area contributed by atoms with E-state index in [1.807, 2.05) is 26.8 Å². The lowest BCUT2D eigenvalue weighted by atomic mass is 10.1. The first-order chi connectivity index (χ1) is 12.8. The minimum absolute atomic E-state index is 0.0661. The minimum atomic E-state index is -1.28. The van der Waals surface area contributed by atoms with Crippen molar-refractivity contribution in [2.45, 2.75) is 41.9 Å². The van der Waals surface area contributed by atoms with Crippen LogP contribution >= 0.6 is 11.8 Å². The van der Waals surface area contributed by atoms with Crippen molar-refractivity contribution in [1.82, 2.24) is 4.72 Å². The minimum Gasteiger partial charge on any atom is -0.324 e. The van der Waals surface area contributed by atoms with Crippen LogP contribution in [0.2, 0.25) is 0 Å². The molecule has 3 rings (SSSR count). The molecule has 1 heterocycles. The summed E-state index contributed by atoms with van der Waals surface area (Å²) in [6.45, 7) is 5.69. The van der Waals surface area contributed by atoms with Crippen molar-refractivity contribution in [3.05, 3.63) is 48.0 Å². The second-order valence-electron chi connectivity index (χ2n) is 6.48. The number of carbonyl (C=O) groups is 2. The number of anilines is 2. The van der Waals surface area contributed by atoms with E-state index in [0.29, 0.717) is 21.8 Å². The molecule has 0 radical (unpaired) electrons. The highest BCUT2D eigenvalue weighted by Crippen LogP contribution is 2.36. The summed E-state index contributed by atoms with van der Waals surface area (Å²) >= 11 is 1.47. The van der Waals surface area contributed by atoms with Crippen LogP contribution in [0.4, 0.5) is 11.4 Å². The van der Waals surface area contributed by atoms with Crippen LogP contribution in [0.25, 0.3) is 0 Å². The normalized spacial score (nSPS) is 17.2. The fourth-order valence-corrected chi connectivity index (χ4v) is 4.38. The lowest BCUT2D eigenvalue weighted by molar-refractivity contribution is -0.115. The van der Waals surface area contributed by atoms with Gasteiger partial charge in [0.1, 0.15) is 11.0 Å². The second-order valence-corrected chi connectivity index (χ2v) is 9.11. The standard InChI is InChI=1S/C19H21N3O3S2/c1-11(2)22-27(25)15-7-5-14(6-8-15)20-19(24)13-4-9-17-16(10-13)21-18(23)12(3)26-17/h4-12,22H,1-3H3,(H,20,24)(H,21,23). The van der Waals surface area contributed by atoms with Gasteiger partial charge in [0.25, 0.3) is 5.91 Å². The number of fused-ring (bicyclic) bond motifs is 1. The van der Waals surface area contributed by atoms with Crippen LogP contribution in [0.5, 0.6) is 0 Å². The Kier molecular flexibility index (Phi) is 5.98. The molecule has 0 saturated carbocycles. The predicted molar refractivity (Wildman–Crippen MR) is 109 cm³/mol. The predicted octanol–water partition coefficient (Wildman–Crippen LogP) is 3.39. The number of thioether (sulfide) groups is 1. The maximum atomic E-state index is 12.5. The van der Waals surface area contributed by atoms with Gasteiger partial charge >= 0.3 is 0 Å². The quantitative estimate of drug-likeness (QED) is 0.714. The molecule has 2 amide bonds. The Morgan fingerprint density at radius 3 is 2.56 bits per heavy atom. The van der Waals surface area contributed by atoms with Gasteiger partial charge in [0, 0.05) is 22.2 Å². The maximum absolute atomic E-state index is 12.5. The molecule has 3 N–H and O–H groups in total.